The van der Waals surface area contributed by atoms with Gasteiger partial charge in [-0.15, -0.1) is 0 Å². The van der Waals surface area contributed by atoms with E-state index >= 15 is 0 Å². The van der Waals surface area contributed by atoms with Crippen molar-refractivity contribution < 1.29 is 18.8 Å². The third-order valence-electron chi connectivity index (χ3n) is 4.46. The minimum Gasteiger partial charge on any atom is -0.444 e. The Kier molecular flexibility index (Phi) is 5.89. The topological polar surface area (TPSA) is 64.6 Å². The van der Waals surface area contributed by atoms with Crippen LogP contribution in [0.2, 0.25) is 18.1 Å². The highest BCUT2D eigenvalue weighted by Gasteiger charge is 2.43. The molecule has 1 rings (SSSR count). The zero-order valence-electron chi connectivity index (χ0n) is 15.7. The van der Waals surface area contributed by atoms with Crippen LogP contribution in [0.25, 0.3) is 0 Å². The number of carbonyl (C=O) groups is 1. The molecule has 1 saturated carbocycles. The van der Waals surface area contributed by atoms with E-state index in [1.54, 1.807) is 0 Å². The number of amides is 1. The third-order valence-corrected chi connectivity index (χ3v) is 8.97. The number of nitrogens with one attached hydrogen (secondary N) is 1. The maximum absolute atomic E-state index is 12.0. The van der Waals surface area contributed by atoms with Crippen molar-refractivity contribution in [3.8, 4) is 0 Å². The van der Waals surface area contributed by atoms with Crippen LogP contribution in [0.15, 0.2) is 5.57 Å². The Balaban J connectivity index is 2.84. The standard InChI is InChI=1S/C17H31NO4Si/c1-16(2,3)21-15(20)18-13-9-12(11-19)10-14(13)22-23(7,8)17(4,5)6/h13-14H,9-10H2,1-8H3,(H,18,20)/t13-,14+/m1/s1. The van der Waals surface area contributed by atoms with Gasteiger partial charge in [-0.1, -0.05) is 20.8 Å². The van der Waals surface area contributed by atoms with Gasteiger partial charge in [0.05, 0.1) is 12.1 Å². The van der Waals surface area contributed by atoms with Crippen molar-refractivity contribution in [2.45, 2.75) is 90.3 Å². The lowest BCUT2D eigenvalue weighted by Crippen LogP contribution is -2.50. The molecular formula is C17H31NO4Si. The Labute approximate surface area is 140 Å². The van der Waals surface area contributed by atoms with E-state index in [-0.39, 0.29) is 17.2 Å². The first-order valence-electron chi connectivity index (χ1n) is 8.15. The highest BCUT2D eigenvalue weighted by molar-refractivity contribution is 6.74. The summed E-state index contributed by atoms with van der Waals surface area (Å²) < 4.78 is 11.7. The summed E-state index contributed by atoms with van der Waals surface area (Å²) in [4.78, 5) is 23.1. The number of carbonyl (C=O) groups excluding carboxylic acids is 2. The van der Waals surface area contributed by atoms with Gasteiger partial charge in [0.25, 0.3) is 0 Å². The van der Waals surface area contributed by atoms with E-state index in [2.05, 4.69) is 39.2 Å². The minimum absolute atomic E-state index is 0.0666. The second kappa shape index (κ2) is 6.79. The van der Waals surface area contributed by atoms with Crippen molar-refractivity contribution in [2.75, 3.05) is 0 Å². The van der Waals surface area contributed by atoms with Crippen LogP contribution in [0.1, 0.15) is 54.4 Å². The van der Waals surface area contributed by atoms with E-state index in [9.17, 15) is 9.59 Å². The fourth-order valence-electron chi connectivity index (χ4n) is 2.23. The van der Waals surface area contributed by atoms with E-state index in [0.29, 0.717) is 18.4 Å². The van der Waals surface area contributed by atoms with Crippen LogP contribution in [0.3, 0.4) is 0 Å². The highest BCUT2D eigenvalue weighted by Crippen LogP contribution is 2.40. The van der Waals surface area contributed by atoms with Gasteiger partial charge in [-0.2, -0.15) is 0 Å². The molecule has 0 heterocycles. The van der Waals surface area contributed by atoms with Crippen LogP contribution in [-0.4, -0.2) is 38.1 Å². The van der Waals surface area contributed by atoms with Gasteiger partial charge < -0.3 is 14.5 Å². The lowest BCUT2D eigenvalue weighted by molar-refractivity contribution is 0.0457. The number of hydrogen-bond donors (Lipinski definition) is 1. The van der Waals surface area contributed by atoms with Crippen molar-refractivity contribution in [1.82, 2.24) is 5.32 Å². The lowest BCUT2D eigenvalue weighted by Gasteiger charge is -2.39. The van der Waals surface area contributed by atoms with Gasteiger partial charge in [-0.05, 0) is 38.9 Å². The molecule has 0 aliphatic heterocycles. The van der Waals surface area contributed by atoms with Crippen LogP contribution in [-0.2, 0) is 14.0 Å². The monoisotopic (exact) mass is 341 g/mol. The van der Waals surface area contributed by atoms with E-state index in [1.165, 1.54) is 0 Å². The van der Waals surface area contributed by atoms with E-state index in [4.69, 9.17) is 9.16 Å². The summed E-state index contributed by atoms with van der Waals surface area (Å²) >= 11 is 0. The first kappa shape index (κ1) is 19.9. The molecule has 1 N–H and O–H groups in total. The Morgan fingerprint density at radius 3 is 2.17 bits per heavy atom. The minimum atomic E-state index is -1.99. The third kappa shape index (κ3) is 5.79. The van der Waals surface area contributed by atoms with Crippen LogP contribution < -0.4 is 5.32 Å². The molecule has 1 fully saturated rings. The predicted molar refractivity (Wildman–Crippen MR) is 93.7 cm³/mol. The summed E-state index contributed by atoms with van der Waals surface area (Å²) in [6, 6.07) is -0.240. The van der Waals surface area contributed by atoms with E-state index in [0.717, 1.165) is 0 Å². The molecule has 0 saturated heterocycles. The fraction of sp³-hybridized carbons (Fsp3) is 0.824. The quantitative estimate of drug-likeness (QED) is 0.626. The molecule has 0 bridgehead atoms. The van der Waals surface area contributed by atoms with Gasteiger partial charge in [-0.3, -0.25) is 0 Å². The molecule has 23 heavy (non-hydrogen) atoms. The summed E-state index contributed by atoms with van der Waals surface area (Å²) in [6.07, 6.45) is 0.330. The smallest absolute Gasteiger partial charge is 0.407 e. The van der Waals surface area contributed by atoms with Crippen molar-refractivity contribution in [3.05, 3.63) is 5.57 Å². The number of hydrogen-bond acceptors (Lipinski definition) is 4. The molecule has 1 aliphatic carbocycles. The summed E-state index contributed by atoms with van der Waals surface area (Å²) in [5.41, 5.74) is 0.108. The predicted octanol–water partition coefficient (Wildman–Crippen LogP) is 3.82. The van der Waals surface area contributed by atoms with Gasteiger partial charge in [0.15, 0.2) is 8.32 Å². The molecule has 0 radical (unpaired) electrons. The molecule has 0 unspecified atom stereocenters. The van der Waals surface area contributed by atoms with Crippen LogP contribution in [0.5, 0.6) is 0 Å². The van der Waals surface area contributed by atoms with Gasteiger partial charge >= 0.3 is 6.09 Å². The molecule has 0 aromatic carbocycles. The Bertz CT molecular complexity index is 496. The number of rotatable bonds is 3. The molecule has 6 heteroatoms. The van der Waals surface area contributed by atoms with Crippen LogP contribution in [0, 0.1) is 0 Å². The maximum Gasteiger partial charge on any atom is 0.407 e. The van der Waals surface area contributed by atoms with Gasteiger partial charge in [0.2, 0.25) is 0 Å². The average molecular weight is 342 g/mol. The molecule has 0 aromatic heterocycles. The molecule has 5 nitrogen and oxygen atoms in total. The Morgan fingerprint density at radius 2 is 1.74 bits per heavy atom. The van der Waals surface area contributed by atoms with Crippen molar-refractivity contribution in [2.24, 2.45) is 0 Å². The lowest BCUT2D eigenvalue weighted by atomic mass is 10.2. The molecule has 2 atom stereocenters. The second-order valence-electron chi connectivity index (χ2n) is 8.78. The second-order valence-corrected chi connectivity index (χ2v) is 13.5. The van der Waals surface area contributed by atoms with Crippen molar-refractivity contribution in [1.29, 1.82) is 0 Å². The van der Waals surface area contributed by atoms with Crippen LogP contribution in [0.4, 0.5) is 4.79 Å². The van der Waals surface area contributed by atoms with Gasteiger partial charge in [0, 0.05) is 18.4 Å². The fourth-order valence-corrected chi connectivity index (χ4v) is 3.59. The highest BCUT2D eigenvalue weighted by atomic mass is 28.4. The normalized spacial score (nSPS) is 22.7. The summed E-state index contributed by atoms with van der Waals surface area (Å²) in [5.74, 6) is 1.98. The Hall–Kier alpha value is -1.10. The zero-order valence-corrected chi connectivity index (χ0v) is 16.7. The first-order valence-corrected chi connectivity index (χ1v) is 11.1. The first-order chi connectivity index (χ1) is 10.2. The summed E-state index contributed by atoms with van der Waals surface area (Å²) in [7, 11) is -1.99. The molecule has 0 aromatic rings. The molecular weight excluding hydrogens is 310 g/mol. The van der Waals surface area contributed by atoms with Gasteiger partial charge in [-0.25, -0.2) is 9.59 Å². The Morgan fingerprint density at radius 1 is 1.17 bits per heavy atom. The zero-order chi connectivity index (χ0) is 18.1. The van der Waals surface area contributed by atoms with Gasteiger partial charge in [0.1, 0.15) is 11.5 Å². The number of ether oxygens (including phenoxy) is 1. The average Bonchev–Trinajstić information content (AvgIpc) is 2.66. The van der Waals surface area contributed by atoms with Crippen molar-refractivity contribution in [3.63, 3.8) is 0 Å². The number of alkyl carbamates (subject to hydrolysis) is 1. The molecule has 0 spiro atoms. The molecule has 1 amide bonds. The summed E-state index contributed by atoms with van der Waals surface area (Å²) in [5, 5.41) is 2.93. The molecule has 1 aliphatic rings. The molecule has 132 valence electrons. The van der Waals surface area contributed by atoms with Crippen molar-refractivity contribution >= 4 is 20.4 Å². The van der Waals surface area contributed by atoms with E-state index < -0.39 is 20.0 Å². The maximum atomic E-state index is 12.0. The summed E-state index contributed by atoms with van der Waals surface area (Å²) in [6.45, 7) is 16.3. The van der Waals surface area contributed by atoms with Crippen LogP contribution >= 0.6 is 0 Å². The van der Waals surface area contributed by atoms with E-state index in [1.807, 2.05) is 26.7 Å². The largest absolute Gasteiger partial charge is 0.444 e. The SMILES string of the molecule is CC(C)(C)OC(=O)N[C@@H]1CC(=C=O)C[C@@H]1O[Si](C)(C)C(C)(C)C.